The molecule has 1 aromatic carbocycles. The maximum atomic E-state index is 9.59. The second-order valence-electron chi connectivity index (χ2n) is 5.56. The van der Waals surface area contributed by atoms with Gasteiger partial charge >= 0.3 is 0 Å². The quantitative estimate of drug-likeness (QED) is 0.857. The molecular formula is C16H17Cl2N3O2. The maximum Gasteiger partial charge on any atom is 0.188 e. The van der Waals surface area contributed by atoms with Crippen LogP contribution in [0.5, 0.6) is 11.5 Å². The summed E-state index contributed by atoms with van der Waals surface area (Å²) in [5.41, 5.74) is 0. The van der Waals surface area contributed by atoms with E-state index in [2.05, 4.69) is 15.3 Å². The van der Waals surface area contributed by atoms with Crippen molar-refractivity contribution in [2.75, 3.05) is 5.32 Å². The van der Waals surface area contributed by atoms with Crippen LogP contribution in [0.4, 0.5) is 5.82 Å². The van der Waals surface area contributed by atoms with Gasteiger partial charge in [0, 0.05) is 11.1 Å². The molecule has 122 valence electrons. The molecule has 1 heterocycles. The Labute approximate surface area is 144 Å². The van der Waals surface area contributed by atoms with Crippen LogP contribution < -0.4 is 10.1 Å². The molecule has 2 N–H and O–H groups in total. The van der Waals surface area contributed by atoms with E-state index in [-0.39, 0.29) is 12.1 Å². The van der Waals surface area contributed by atoms with Gasteiger partial charge in [-0.05, 0) is 43.9 Å². The summed E-state index contributed by atoms with van der Waals surface area (Å²) in [6, 6.07) is 5.30. The lowest BCUT2D eigenvalue weighted by atomic mass is 9.93. The van der Waals surface area contributed by atoms with E-state index in [0.29, 0.717) is 27.4 Å². The van der Waals surface area contributed by atoms with Gasteiger partial charge in [-0.15, -0.1) is 0 Å². The number of ether oxygens (including phenoxy) is 1. The number of aromatic nitrogens is 2. The molecule has 0 bridgehead atoms. The number of hydrogen-bond acceptors (Lipinski definition) is 5. The molecule has 1 aliphatic rings. The molecule has 0 amide bonds. The lowest BCUT2D eigenvalue weighted by Gasteiger charge is -2.27. The summed E-state index contributed by atoms with van der Waals surface area (Å²) < 4.78 is 5.83. The third-order valence-corrected chi connectivity index (χ3v) is 4.36. The minimum absolute atomic E-state index is 0.193. The van der Waals surface area contributed by atoms with Gasteiger partial charge in [-0.25, -0.2) is 9.97 Å². The van der Waals surface area contributed by atoms with Crippen molar-refractivity contribution in [3.8, 4) is 11.5 Å². The lowest BCUT2D eigenvalue weighted by molar-refractivity contribution is 0.126. The van der Waals surface area contributed by atoms with Crippen molar-refractivity contribution in [1.82, 2.24) is 9.97 Å². The molecule has 7 heteroatoms. The Kier molecular flexibility index (Phi) is 5.20. The molecule has 0 aliphatic heterocycles. The number of halogens is 2. The number of anilines is 1. The molecule has 0 spiro atoms. The van der Waals surface area contributed by atoms with Crippen LogP contribution in [0.1, 0.15) is 25.7 Å². The van der Waals surface area contributed by atoms with E-state index in [9.17, 15) is 5.11 Å². The van der Waals surface area contributed by atoms with Gasteiger partial charge in [-0.1, -0.05) is 23.2 Å². The van der Waals surface area contributed by atoms with Crippen LogP contribution in [0.2, 0.25) is 10.0 Å². The predicted molar refractivity (Wildman–Crippen MR) is 90.5 cm³/mol. The van der Waals surface area contributed by atoms with Crippen molar-refractivity contribution in [1.29, 1.82) is 0 Å². The lowest BCUT2D eigenvalue weighted by Crippen LogP contribution is -2.28. The number of benzene rings is 1. The highest BCUT2D eigenvalue weighted by atomic mass is 35.5. The highest BCUT2D eigenvalue weighted by Gasteiger charge is 2.21. The minimum atomic E-state index is -0.193. The first-order chi connectivity index (χ1) is 11.1. The molecule has 3 rings (SSSR count). The first-order valence-electron chi connectivity index (χ1n) is 7.49. The van der Waals surface area contributed by atoms with Crippen LogP contribution in [-0.4, -0.2) is 27.2 Å². The van der Waals surface area contributed by atoms with Crippen LogP contribution in [0.15, 0.2) is 30.7 Å². The molecule has 5 nitrogen and oxygen atoms in total. The zero-order valence-electron chi connectivity index (χ0n) is 12.4. The summed E-state index contributed by atoms with van der Waals surface area (Å²) in [6.45, 7) is 0. The molecule has 2 aromatic rings. The molecule has 23 heavy (non-hydrogen) atoms. The second kappa shape index (κ2) is 7.34. The average molecular weight is 354 g/mol. The van der Waals surface area contributed by atoms with E-state index in [1.807, 2.05) is 0 Å². The Hall–Kier alpha value is -1.56. The molecule has 1 aromatic heterocycles. The molecule has 0 radical (unpaired) electrons. The van der Waals surface area contributed by atoms with E-state index in [4.69, 9.17) is 27.9 Å². The fraction of sp³-hybridized carbons (Fsp3) is 0.375. The van der Waals surface area contributed by atoms with Gasteiger partial charge < -0.3 is 15.2 Å². The number of nitrogens with one attached hydrogen (secondary N) is 1. The van der Waals surface area contributed by atoms with E-state index in [0.717, 1.165) is 25.7 Å². The largest absolute Gasteiger partial charge is 0.450 e. The molecule has 1 aliphatic carbocycles. The summed E-state index contributed by atoms with van der Waals surface area (Å²) >= 11 is 12.0. The first kappa shape index (κ1) is 16.3. The van der Waals surface area contributed by atoms with Crippen LogP contribution in [-0.2, 0) is 0 Å². The third-order valence-electron chi connectivity index (χ3n) is 3.83. The van der Waals surface area contributed by atoms with Crippen LogP contribution in [0, 0.1) is 0 Å². The van der Waals surface area contributed by atoms with E-state index in [1.165, 1.54) is 6.33 Å². The monoisotopic (exact) mass is 353 g/mol. The van der Waals surface area contributed by atoms with Crippen molar-refractivity contribution in [2.24, 2.45) is 0 Å². The van der Waals surface area contributed by atoms with Crippen molar-refractivity contribution in [3.63, 3.8) is 0 Å². The van der Waals surface area contributed by atoms with Gasteiger partial charge in [0.15, 0.2) is 11.6 Å². The van der Waals surface area contributed by atoms with Crippen molar-refractivity contribution in [3.05, 3.63) is 40.8 Å². The van der Waals surface area contributed by atoms with Gasteiger partial charge in [-0.2, -0.15) is 0 Å². The van der Waals surface area contributed by atoms with Gasteiger partial charge in [0.2, 0.25) is 0 Å². The standard InChI is InChI=1S/C16H17Cl2N3O2/c17-10-1-6-14(13(18)7-10)23-15-8-19-9-20-16(15)21-11-2-4-12(22)5-3-11/h1,6-9,11-12,22H,2-5H2,(H,19,20,21). The molecule has 0 atom stereocenters. The van der Waals surface area contributed by atoms with E-state index < -0.39 is 0 Å². The Morgan fingerprint density at radius 1 is 1.13 bits per heavy atom. The smallest absolute Gasteiger partial charge is 0.188 e. The number of aliphatic hydroxyl groups is 1. The maximum absolute atomic E-state index is 9.59. The number of hydrogen-bond donors (Lipinski definition) is 2. The predicted octanol–water partition coefficient (Wildman–Crippen LogP) is 4.29. The molecule has 0 saturated heterocycles. The fourth-order valence-corrected chi connectivity index (χ4v) is 3.04. The zero-order chi connectivity index (χ0) is 16.2. The van der Waals surface area contributed by atoms with Gasteiger partial charge in [0.25, 0.3) is 0 Å². The SMILES string of the molecule is OC1CCC(Nc2ncncc2Oc2ccc(Cl)cc2Cl)CC1. The Morgan fingerprint density at radius 2 is 1.91 bits per heavy atom. The summed E-state index contributed by atoms with van der Waals surface area (Å²) in [4.78, 5) is 8.26. The molecule has 1 fully saturated rings. The van der Waals surface area contributed by atoms with Crippen molar-refractivity contribution in [2.45, 2.75) is 37.8 Å². The fourth-order valence-electron chi connectivity index (χ4n) is 2.59. The van der Waals surface area contributed by atoms with Gasteiger partial charge in [0.1, 0.15) is 12.1 Å². The highest BCUT2D eigenvalue weighted by molar-refractivity contribution is 6.35. The Bertz CT molecular complexity index is 676. The van der Waals surface area contributed by atoms with Crippen molar-refractivity contribution < 1.29 is 9.84 Å². The molecular weight excluding hydrogens is 337 g/mol. The summed E-state index contributed by atoms with van der Waals surface area (Å²) in [6.07, 6.45) is 6.25. The average Bonchev–Trinajstić information content (AvgIpc) is 2.54. The van der Waals surface area contributed by atoms with E-state index in [1.54, 1.807) is 24.4 Å². The summed E-state index contributed by atoms with van der Waals surface area (Å²) in [5, 5.41) is 13.9. The summed E-state index contributed by atoms with van der Waals surface area (Å²) in [5.74, 6) is 1.61. The van der Waals surface area contributed by atoms with Crippen molar-refractivity contribution >= 4 is 29.0 Å². The molecule has 1 saturated carbocycles. The van der Waals surface area contributed by atoms with Crippen LogP contribution >= 0.6 is 23.2 Å². The normalized spacial score (nSPS) is 21.0. The zero-order valence-corrected chi connectivity index (χ0v) is 13.9. The highest BCUT2D eigenvalue weighted by Crippen LogP contribution is 2.34. The molecule has 0 unspecified atom stereocenters. The number of rotatable bonds is 4. The minimum Gasteiger partial charge on any atom is -0.450 e. The van der Waals surface area contributed by atoms with Gasteiger partial charge in [0.05, 0.1) is 17.3 Å². The number of aliphatic hydroxyl groups excluding tert-OH is 1. The van der Waals surface area contributed by atoms with E-state index >= 15 is 0 Å². The third kappa shape index (κ3) is 4.25. The summed E-state index contributed by atoms with van der Waals surface area (Å²) in [7, 11) is 0. The van der Waals surface area contributed by atoms with Crippen LogP contribution in [0.25, 0.3) is 0 Å². The van der Waals surface area contributed by atoms with Gasteiger partial charge in [-0.3, -0.25) is 0 Å². The Balaban J connectivity index is 1.75. The second-order valence-corrected chi connectivity index (χ2v) is 6.41. The number of nitrogens with zero attached hydrogens (tertiary/aromatic N) is 2. The first-order valence-corrected chi connectivity index (χ1v) is 8.25. The van der Waals surface area contributed by atoms with Crippen LogP contribution in [0.3, 0.4) is 0 Å². The topological polar surface area (TPSA) is 67.3 Å². The Morgan fingerprint density at radius 3 is 2.65 bits per heavy atom.